The first-order valence-electron chi connectivity index (χ1n) is 9.58. The summed E-state index contributed by atoms with van der Waals surface area (Å²) in [7, 11) is 0. The Morgan fingerprint density at radius 1 is 0.733 bits per heavy atom. The summed E-state index contributed by atoms with van der Waals surface area (Å²) in [6.07, 6.45) is 1.83. The van der Waals surface area contributed by atoms with Gasteiger partial charge in [-0.3, -0.25) is 4.98 Å². The molecule has 30 heavy (non-hydrogen) atoms. The van der Waals surface area contributed by atoms with Crippen LogP contribution in [0.25, 0.3) is 11.0 Å². The van der Waals surface area contributed by atoms with Crippen LogP contribution in [0.5, 0.6) is 0 Å². The monoisotopic (exact) mass is 565 g/mol. The van der Waals surface area contributed by atoms with Gasteiger partial charge in [-0.25, -0.2) is 4.68 Å². The highest BCUT2D eigenvalue weighted by molar-refractivity contribution is 14.1. The van der Waals surface area contributed by atoms with Crippen molar-refractivity contribution in [3.63, 3.8) is 0 Å². The quantitative estimate of drug-likeness (QED) is 0.181. The summed E-state index contributed by atoms with van der Waals surface area (Å²) in [5.74, 6) is 0. The molecule has 0 saturated heterocycles. The summed E-state index contributed by atoms with van der Waals surface area (Å²) in [6.45, 7) is 0. The molecule has 3 aromatic carbocycles. The lowest BCUT2D eigenvalue weighted by molar-refractivity contribution is 0.473. The van der Waals surface area contributed by atoms with Crippen LogP contribution in [0.1, 0.15) is 16.7 Å². The molecule has 5 heteroatoms. The Morgan fingerprint density at radius 3 is 1.67 bits per heavy atom. The maximum absolute atomic E-state index is 5.05. The van der Waals surface area contributed by atoms with Gasteiger partial charge in [0.15, 0.2) is 0 Å². The Kier molecular flexibility index (Phi) is 5.16. The Hall–Kier alpha value is -2.51. The van der Waals surface area contributed by atoms with Gasteiger partial charge in [0.25, 0.3) is 0 Å². The molecule has 146 valence electrons. The molecule has 3 nitrogen and oxygen atoms in total. The van der Waals surface area contributed by atoms with Crippen molar-refractivity contribution in [2.45, 2.75) is 5.54 Å². The van der Waals surface area contributed by atoms with Crippen LogP contribution in [-0.4, -0.2) is 14.8 Å². The standard InChI is InChI=1S/C25H17BrIN3/c26-21-16-22-23(28-17-21)24(27)29-30(22)25(18-10-4-1-5-11-18,19-12-6-2-7-13-19)20-14-8-3-9-15-20/h1-17H. The normalized spacial score (nSPS) is 11.7. The zero-order valence-corrected chi connectivity index (χ0v) is 19.7. The maximum Gasteiger partial charge on any atom is 0.149 e. The van der Waals surface area contributed by atoms with Crippen molar-refractivity contribution >= 4 is 49.6 Å². The predicted molar refractivity (Wildman–Crippen MR) is 133 cm³/mol. The van der Waals surface area contributed by atoms with Crippen molar-refractivity contribution in [3.05, 3.63) is 128 Å². The van der Waals surface area contributed by atoms with Crippen LogP contribution in [0.3, 0.4) is 0 Å². The van der Waals surface area contributed by atoms with Gasteiger partial charge in [-0.15, -0.1) is 0 Å². The molecule has 2 aromatic heterocycles. The van der Waals surface area contributed by atoms with Gasteiger partial charge in [0.2, 0.25) is 0 Å². The maximum atomic E-state index is 5.05. The van der Waals surface area contributed by atoms with Crippen molar-refractivity contribution in [1.82, 2.24) is 14.8 Å². The topological polar surface area (TPSA) is 30.7 Å². The summed E-state index contributed by atoms with van der Waals surface area (Å²) < 4.78 is 3.93. The minimum Gasteiger partial charge on any atom is -0.251 e. The molecule has 0 saturated carbocycles. The molecule has 0 aliphatic rings. The summed E-state index contributed by atoms with van der Waals surface area (Å²) >= 11 is 5.88. The van der Waals surface area contributed by atoms with Crippen LogP contribution in [0, 0.1) is 3.70 Å². The second-order valence-electron chi connectivity index (χ2n) is 7.03. The molecule has 2 heterocycles. The van der Waals surface area contributed by atoms with E-state index in [-0.39, 0.29) is 0 Å². The van der Waals surface area contributed by atoms with E-state index in [1.807, 2.05) is 24.4 Å². The van der Waals surface area contributed by atoms with E-state index in [0.29, 0.717) is 0 Å². The lowest BCUT2D eigenvalue weighted by Crippen LogP contribution is -2.38. The predicted octanol–water partition coefficient (Wildman–Crippen LogP) is 6.64. The number of pyridine rings is 1. The van der Waals surface area contributed by atoms with Gasteiger partial charge in [-0.2, -0.15) is 5.10 Å². The number of nitrogens with zero attached hydrogens (tertiary/aromatic N) is 3. The highest BCUT2D eigenvalue weighted by atomic mass is 127. The first-order chi connectivity index (χ1) is 14.7. The van der Waals surface area contributed by atoms with Crippen LogP contribution in [0.4, 0.5) is 0 Å². The second-order valence-corrected chi connectivity index (χ2v) is 8.97. The third kappa shape index (κ3) is 3.08. The van der Waals surface area contributed by atoms with E-state index < -0.39 is 5.54 Å². The molecule has 0 radical (unpaired) electrons. The molecule has 0 N–H and O–H groups in total. The van der Waals surface area contributed by atoms with E-state index in [1.54, 1.807) is 0 Å². The molecule has 5 aromatic rings. The number of hydrogen-bond acceptors (Lipinski definition) is 2. The largest absolute Gasteiger partial charge is 0.251 e. The highest BCUT2D eigenvalue weighted by Gasteiger charge is 2.40. The SMILES string of the molecule is Brc1cnc2c(I)nn(C(c3ccccc3)(c3ccccc3)c3ccccc3)c2c1. The summed E-state index contributed by atoms with van der Waals surface area (Å²) in [5.41, 5.74) is 4.65. The number of aromatic nitrogens is 3. The van der Waals surface area contributed by atoms with E-state index in [9.17, 15) is 0 Å². The van der Waals surface area contributed by atoms with E-state index in [2.05, 4.69) is 127 Å². The third-order valence-corrected chi connectivity index (χ3v) is 6.50. The second kappa shape index (κ2) is 7.96. The van der Waals surface area contributed by atoms with E-state index in [0.717, 1.165) is 35.9 Å². The summed E-state index contributed by atoms with van der Waals surface area (Å²) in [5, 5.41) is 5.05. The molecular formula is C25H17BrIN3. The van der Waals surface area contributed by atoms with Gasteiger partial charge in [0, 0.05) is 10.7 Å². The Morgan fingerprint density at radius 2 is 1.20 bits per heavy atom. The molecule has 0 fully saturated rings. The minimum atomic E-state index is -0.645. The van der Waals surface area contributed by atoms with Crippen LogP contribution in [0.2, 0.25) is 0 Å². The van der Waals surface area contributed by atoms with Gasteiger partial charge in [-0.05, 0) is 61.3 Å². The number of rotatable bonds is 4. The molecular weight excluding hydrogens is 549 g/mol. The number of benzene rings is 3. The van der Waals surface area contributed by atoms with Crippen molar-refractivity contribution in [1.29, 1.82) is 0 Å². The first kappa shape index (κ1) is 19.5. The van der Waals surface area contributed by atoms with Crippen LogP contribution < -0.4 is 0 Å². The van der Waals surface area contributed by atoms with Crippen molar-refractivity contribution < 1.29 is 0 Å². The fraction of sp³-hybridized carbons (Fsp3) is 0.0400. The average molecular weight is 566 g/mol. The van der Waals surface area contributed by atoms with Gasteiger partial charge < -0.3 is 0 Å². The first-order valence-corrected chi connectivity index (χ1v) is 11.5. The highest BCUT2D eigenvalue weighted by Crippen LogP contribution is 2.42. The molecule has 0 aliphatic heterocycles. The Labute approximate surface area is 197 Å². The van der Waals surface area contributed by atoms with Gasteiger partial charge >= 0.3 is 0 Å². The van der Waals surface area contributed by atoms with E-state index in [1.165, 1.54) is 0 Å². The summed E-state index contributed by atoms with van der Waals surface area (Å²) in [6, 6.07) is 33.8. The van der Waals surface area contributed by atoms with Gasteiger partial charge in [0.05, 0.1) is 5.52 Å². The third-order valence-electron chi connectivity index (χ3n) is 5.34. The zero-order valence-electron chi connectivity index (χ0n) is 15.9. The van der Waals surface area contributed by atoms with Gasteiger partial charge in [0.1, 0.15) is 14.8 Å². The van der Waals surface area contributed by atoms with E-state index >= 15 is 0 Å². The number of fused-ring (bicyclic) bond motifs is 1. The molecule has 0 amide bonds. The average Bonchev–Trinajstić information content (AvgIpc) is 3.12. The Balaban J connectivity index is 1.99. The molecule has 0 spiro atoms. The Bertz CT molecular complexity index is 1210. The lowest BCUT2D eigenvalue weighted by atomic mass is 9.77. The van der Waals surface area contributed by atoms with Gasteiger partial charge in [-0.1, -0.05) is 91.0 Å². The fourth-order valence-corrected chi connectivity index (χ4v) is 5.05. The molecule has 0 bridgehead atoms. The number of halogens is 2. The molecule has 0 unspecified atom stereocenters. The molecule has 0 atom stereocenters. The fourth-order valence-electron chi connectivity index (χ4n) is 4.10. The van der Waals surface area contributed by atoms with Crippen LogP contribution in [-0.2, 0) is 5.54 Å². The van der Waals surface area contributed by atoms with Crippen LogP contribution in [0.15, 0.2) is 108 Å². The summed E-state index contributed by atoms with van der Waals surface area (Å²) in [4.78, 5) is 4.66. The smallest absolute Gasteiger partial charge is 0.149 e. The number of hydrogen-bond donors (Lipinski definition) is 0. The lowest BCUT2D eigenvalue weighted by Gasteiger charge is -2.36. The molecule has 5 rings (SSSR count). The zero-order chi connectivity index (χ0) is 20.6. The minimum absolute atomic E-state index is 0.645. The molecule has 0 aliphatic carbocycles. The van der Waals surface area contributed by atoms with E-state index in [4.69, 9.17) is 5.10 Å². The van der Waals surface area contributed by atoms with Crippen molar-refractivity contribution in [3.8, 4) is 0 Å². The van der Waals surface area contributed by atoms with Crippen LogP contribution >= 0.6 is 38.5 Å². The van der Waals surface area contributed by atoms with Crippen molar-refractivity contribution in [2.24, 2.45) is 0 Å². The van der Waals surface area contributed by atoms with Crippen molar-refractivity contribution in [2.75, 3.05) is 0 Å².